The summed E-state index contributed by atoms with van der Waals surface area (Å²) < 4.78 is 0. The van der Waals surface area contributed by atoms with E-state index >= 15 is 0 Å². The Morgan fingerprint density at radius 3 is 0.417 bits per heavy atom. The summed E-state index contributed by atoms with van der Waals surface area (Å²) in [6.45, 7) is 3.91. The Hall–Kier alpha value is -2.07. The van der Waals surface area contributed by atoms with Crippen LogP contribution in [-0.2, 0) is 14.4 Å². The van der Waals surface area contributed by atoms with E-state index < -0.39 is 93.2 Å². The molecule has 84 heavy (non-hydrogen) atoms. The van der Waals surface area contributed by atoms with E-state index in [2.05, 4.69) is 20.8 Å². The predicted octanol–water partition coefficient (Wildman–Crippen LogP) is 11.8. The Balaban J connectivity index is -0.000000315. The van der Waals surface area contributed by atoms with Gasteiger partial charge in [0, 0.05) is 19.3 Å². The first-order valence-electron chi connectivity index (χ1n) is 33.9. The molecule has 8 atom stereocenters. The number of hydrogen-bond acceptors (Lipinski definition) is 15. The number of hydrogen-bond donors (Lipinski definition) is 15. The molecule has 15 N–H and O–H groups in total. The van der Waals surface area contributed by atoms with Crippen molar-refractivity contribution < 1.29 is 91.0 Å². The molecule has 0 unspecified atom stereocenters. The van der Waals surface area contributed by atoms with Crippen molar-refractivity contribution in [2.45, 2.75) is 378 Å². The molecular formula is C66H136O18. The molecule has 0 fully saturated rings. The number of carbonyl (C=O) groups is 3. The molecular weight excluding hydrogens is 1080 g/mol. The van der Waals surface area contributed by atoms with Crippen LogP contribution in [0.3, 0.4) is 0 Å². The zero-order valence-electron chi connectivity index (χ0n) is 53.8. The van der Waals surface area contributed by atoms with Crippen molar-refractivity contribution in [2.24, 2.45) is 0 Å². The lowest BCUT2D eigenvalue weighted by atomic mass is 10.0. The van der Waals surface area contributed by atoms with Crippen LogP contribution >= 0.6 is 0 Å². The van der Waals surface area contributed by atoms with Gasteiger partial charge in [-0.15, -0.1) is 0 Å². The van der Waals surface area contributed by atoms with Gasteiger partial charge in [-0.1, -0.05) is 290 Å². The second-order valence-corrected chi connectivity index (χ2v) is 23.2. The number of aliphatic carboxylic acids is 3. The van der Waals surface area contributed by atoms with Crippen LogP contribution in [0.4, 0.5) is 0 Å². The number of carboxylic acid groups (broad SMARTS) is 3. The van der Waals surface area contributed by atoms with Crippen LogP contribution in [0, 0.1) is 0 Å². The van der Waals surface area contributed by atoms with Gasteiger partial charge in [0.05, 0.1) is 26.4 Å². The third-order valence-electron chi connectivity index (χ3n) is 15.0. The maximum Gasteiger partial charge on any atom is 0.303 e. The highest BCUT2D eigenvalue weighted by molar-refractivity contribution is 5.67. The van der Waals surface area contributed by atoms with Crippen LogP contribution in [-0.4, -0.2) is 170 Å². The summed E-state index contributed by atoms with van der Waals surface area (Å²) in [5.41, 5.74) is 0. The minimum atomic E-state index is -1.67. The highest BCUT2D eigenvalue weighted by atomic mass is 16.4. The third-order valence-corrected chi connectivity index (χ3v) is 15.0. The lowest BCUT2D eigenvalue weighted by Crippen LogP contribution is -2.46. The van der Waals surface area contributed by atoms with Gasteiger partial charge in [-0.2, -0.15) is 0 Å². The van der Waals surface area contributed by atoms with Crippen molar-refractivity contribution in [1.82, 2.24) is 0 Å². The molecule has 0 aromatic heterocycles. The molecule has 0 radical (unpaired) electrons. The quantitative estimate of drug-likeness (QED) is 0.0252. The summed E-state index contributed by atoms with van der Waals surface area (Å²) in [6.07, 6.45) is 47.8. The Kier molecular flexibility index (Phi) is 81.2. The number of rotatable bonds is 58. The number of unbranched alkanes of at least 4 members (excludes halogenated alkanes) is 42. The highest BCUT2D eigenvalue weighted by Crippen LogP contribution is 2.17. The molecule has 0 aromatic carbocycles. The molecule has 0 spiro atoms. The molecule has 18 nitrogen and oxygen atoms in total. The van der Waals surface area contributed by atoms with Gasteiger partial charge in [0.2, 0.25) is 0 Å². The number of aliphatic hydroxyl groups excluding tert-OH is 12. The van der Waals surface area contributed by atoms with Crippen LogP contribution < -0.4 is 0 Å². The standard InChI is InChI=1S/3C18H36O2.2C6H14O6/c3*1-2-3-4-5-6-7-8-9-10-11-12-13-14-15-16-17-18(19)20;2*7-1-3(9)5(11)6(12)4(10)2-8/h3*2-17H2,1H3,(H,19,20);2*3-12H,1-2H2/t;;;2*3-,4+,5-,6-/m...11/s1. The van der Waals surface area contributed by atoms with E-state index in [4.69, 9.17) is 76.6 Å². The molecule has 0 saturated carbocycles. The molecule has 0 saturated heterocycles. The Labute approximate surface area is 511 Å². The van der Waals surface area contributed by atoms with Gasteiger partial charge in [-0.05, 0) is 19.3 Å². The molecule has 0 aromatic rings. The fourth-order valence-electron chi connectivity index (χ4n) is 9.29. The Morgan fingerprint density at radius 1 is 0.214 bits per heavy atom. The summed E-state index contributed by atoms with van der Waals surface area (Å²) in [6, 6.07) is 0. The van der Waals surface area contributed by atoms with Crippen molar-refractivity contribution in [3.63, 3.8) is 0 Å². The minimum Gasteiger partial charge on any atom is -0.481 e. The number of aliphatic hydroxyl groups is 12. The minimum absolute atomic E-state index is 0.345. The van der Waals surface area contributed by atoms with E-state index in [9.17, 15) is 14.4 Å². The van der Waals surface area contributed by atoms with Crippen LogP contribution in [0.15, 0.2) is 0 Å². The second kappa shape index (κ2) is 75.2. The van der Waals surface area contributed by atoms with E-state index in [1.54, 1.807) is 0 Å². The first-order chi connectivity index (χ1) is 40.4. The maximum absolute atomic E-state index is 10.3. The Bertz CT molecular complexity index is 1120. The smallest absolute Gasteiger partial charge is 0.303 e. The van der Waals surface area contributed by atoms with Crippen molar-refractivity contribution in [3.8, 4) is 0 Å². The summed E-state index contributed by atoms with van der Waals surface area (Å²) in [4.78, 5) is 31.0. The number of carboxylic acids is 3. The summed E-state index contributed by atoms with van der Waals surface area (Å²) in [5.74, 6) is -1.96. The van der Waals surface area contributed by atoms with E-state index in [1.165, 1.54) is 250 Å². The predicted molar refractivity (Wildman–Crippen MR) is 338 cm³/mol. The molecule has 0 rings (SSSR count). The van der Waals surface area contributed by atoms with E-state index in [-0.39, 0.29) is 0 Å². The molecule has 0 aliphatic heterocycles. The molecule has 0 bridgehead atoms. The van der Waals surface area contributed by atoms with Crippen molar-refractivity contribution in [3.05, 3.63) is 0 Å². The molecule has 18 heteroatoms. The topological polar surface area (TPSA) is 355 Å². The first kappa shape index (κ1) is 90.7. The van der Waals surface area contributed by atoms with Crippen molar-refractivity contribution >= 4 is 17.9 Å². The molecule has 0 amide bonds. The van der Waals surface area contributed by atoms with Crippen LogP contribution in [0.2, 0.25) is 0 Å². The average molecular weight is 1220 g/mol. The highest BCUT2D eigenvalue weighted by Gasteiger charge is 2.30. The monoisotopic (exact) mass is 1220 g/mol. The van der Waals surface area contributed by atoms with Crippen LogP contribution in [0.1, 0.15) is 329 Å². The molecule has 508 valence electrons. The zero-order chi connectivity index (χ0) is 64.1. The zero-order valence-corrected chi connectivity index (χ0v) is 53.8. The molecule has 0 aliphatic carbocycles. The fraction of sp³-hybridized carbons (Fsp3) is 0.955. The summed E-state index contributed by atoms with van der Waals surface area (Å²) in [7, 11) is 0. The third kappa shape index (κ3) is 76.0. The molecule has 0 aliphatic rings. The lowest BCUT2D eigenvalue weighted by Gasteiger charge is -2.24. The van der Waals surface area contributed by atoms with E-state index in [1.807, 2.05) is 0 Å². The van der Waals surface area contributed by atoms with Gasteiger partial charge < -0.3 is 76.6 Å². The van der Waals surface area contributed by atoms with Crippen LogP contribution in [0.5, 0.6) is 0 Å². The normalized spacial score (nSPS) is 13.9. The fourth-order valence-corrected chi connectivity index (χ4v) is 9.29. The molecule has 0 heterocycles. The SMILES string of the molecule is CCCCCCCCCCCCCCCCCC(=O)O.CCCCCCCCCCCCCCCCCC(=O)O.CCCCCCCCCCCCCCCCCC(=O)O.OC[C@@H](O)[C@@H](O)[C@H](O)[C@@H](O)CO.OC[C@@H](O)[C@@H](O)[C@H](O)[C@@H](O)CO. The van der Waals surface area contributed by atoms with Crippen molar-refractivity contribution in [2.75, 3.05) is 26.4 Å². The van der Waals surface area contributed by atoms with Gasteiger partial charge in [0.25, 0.3) is 0 Å². The van der Waals surface area contributed by atoms with Crippen molar-refractivity contribution in [1.29, 1.82) is 0 Å². The van der Waals surface area contributed by atoms with E-state index in [0.29, 0.717) is 19.3 Å². The summed E-state index contributed by atoms with van der Waals surface area (Å²) >= 11 is 0. The lowest BCUT2D eigenvalue weighted by molar-refractivity contribution is -0.138. The van der Waals surface area contributed by atoms with Gasteiger partial charge >= 0.3 is 17.9 Å². The van der Waals surface area contributed by atoms with Gasteiger partial charge in [0.1, 0.15) is 48.8 Å². The Morgan fingerprint density at radius 2 is 0.321 bits per heavy atom. The van der Waals surface area contributed by atoms with Gasteiger partial charge in [-0.3, -0.25) is 14.4 Å². The van der Waals surface area contributed by atoms with Gasteiger partial charge in [-0.25, -0.2) is 0 Å². The second-order valence-electron chi connectivity index (χ2n) is 23.2. The van der Waals surface area contributed by atoms with Crippen LogP contribution in [0.25, 0.3) is 0 Å². The maximum atomic E-state index is 10.3. The van der Waals surface area contributed by atoms with E-state index in [0.717, 1.165) is 38.5 Å². The largest absolute Gasteiger partial charge is 0.481 e. The van der Waals surface area contributed by atoms with Gasteiger partial charge in [0.15, 0.2) is 0 Å². The first-order valence-corrected chi connectivity index (χ1v) is 33.9. The average Bonchev–Trinajstić information content (AvgIpc) is 3.50. The summed E-state index contributed by atoms with van der Waals surface area (Å²) in [5, 5.41) is 130.